The quantitative estimate of drug-likeness (QED) is 0.287. The Kier molecular flexibility index (Phi) is 10.2. The maximum Gasteiger partial charge on any atom is 0.253 e. The minimum Gasteiger partial charge on any atom is -0.389 e. The molecule has 0 spiro atoms. The number of rotatable bonds is 10. The van der Waals surface area contributed by atoms with Crippen molar-refractivity contribution in [3.63, 3.8) is 0 Å². The van der Waals surface area contributed by atoms with E-state index in [2.05, 4.69) is 10.2 Å². The third kappa shape index (κ3) is 7.80. The van der Waals surface area contributed by atoms with E-state index in [1.54, 1.807) is 30.3 Å². The monoisotopic (exact) mass is 643 g/mol. The Morgan fingerprint density at radius 3 is 2.23 bits per heavy atom. The fourth-order valence-corrected chi connectivity index (χ4v) is 8.41. The van der Waals surface area contributed by atoms with E-state index in [1.807, 2.05) is 53.4 Å². The Bertz CT molecular complexity index is 1500. The van der Waals surface area contributed by atoms with Gasteiger partial charge < -0.3 is 15.3 Å². The van der Waals surface area contributed by atoms with Gasteiger partial charge in [0.25, 0.3) is 5.91 Å². The van der Waals surface area contributed by atoms with Crippen molar-refractivity contribution in [3.8, 4) is 0 Å². The molecule has 2 aliphatic heterocycles. The number of halogens is 2. The number of carbonyl (C=O) groups excluding carboxylic acids is 1. The number of sulfone groups is 1. The molecule has 5 rings (SSSR count). The molecule has 10 heteroatoms. The summed E-state index contributed by atoms with van der Waals surface area (Å²) in [5, 5.41) is 15.7. The number of likely N-dealkylation sites (tertiary alicyclic amines) is 2. The van der Waals surface area contributed by atoms with Crippen molar-refractivity contribution in [3.05, 3.63) is 100 Å². The second-order valence-electron chi connectivity index (χ2n) is 11.9. The summed E-state index contributed by atoms with van der Waals surface area (Å²) in [6.07, 6.45) is 3.40. The number of carbonyl (C=O) groups is 1. The van der Waals surface area contributed by atoms with Crippen molar-refractivity contribution in [1.29, 1.82) is 0 Å². The van der Waals surface area contributed by atoms with Crippen LogP contribution in [0.5, 0.6) is 0 Å². The molecule has 0 radical (unpaired) electrons. The number of nitrogens with zero attached hydrogens (tertiary/aromatic N) is 2. The highest BCUT2D eigenvalue weighted by atomic mass is 35.5. The van der Waals surface area contributed by atoms with Gasteiger partial charge in [-0.25, -0.2) is 8.42 Å². The molecule has 2 saturated heterocycles. The van der Waals surface area contributed by atoms with Crippen LogP contribution in [0, 0.1) is 0 Å². The summed E-state index contributed by atoms with van der Waals surface area (Å²) >= 11 is 12.7. The molecule has 1 unspecified atom stereocenters. The lowest BCUT2D eigenvalue weighted by atomic mass is 9.71. The number of piperidine rings is 2. The summed E-state index contributed by atoms with van der Waals surface area (Å²) in [6.45, 7) is 3.85. The van der Waals surface area contributed by atoms with Crippen LogP contribution < -0.4 is 5.32 Å². The predicted molar refractivity (Wildman–Crippen MR) is 171 cm³/mol. The van der Waals surface area contributed by atoms with E-state index in [-0.39, 0.29) is 22.0 Å². The number of nitrogens with one attached hydrogen (secondary N) is 1. The molecule has 1 amide bonds. The molecule has 2 heterocycles. The van der Waals surface area contributed by atoms with E-state index in [0.717, 1.165) is 31.4 Å². The van der Waals surface area contributed by atoms with Crippen molar-refractivity contribution in [2.24, 2.45) is 0 Å². The van der Waals surface area contributed by atoms with E-state index < -0.39 is 15.4 Å². The number of hydrogen-bond acceptors (Lipinski definition) is 6. The van der Waals surface area contributed by atoms with Gasteiger partial charge in [-0.05, 0) is 80.6 Å². The zero-order chi connectivity index (χ0) is 30.5. The molecule has 3 aromatic rings. The van der Waals surface area contributed by atoms with Gasteiger partial charge in [-0.15, -0.1) is 0 Å². The normalized spacial score (nSPS) is 21.0. The molecule has 2 fully saturated rings. The largest absolute Gasteiger partial charge is 0.389 e. The lowest BCUT2D eigenvalue weighted by Crippen LogP contribution is -2.51. The second kappa shape index (κ2) is 13.7. The van der Waals surface area contributed by atoms with Crippen LogP contribution in [0.4, 0.5) is 0 Å². The molecule has 3 aromatic carbocycles. The summed E-state index contributed by atoms with van der Waals surface area (Å²) in [4.78, 5) is 17.8. The summed E-state index contributed by atoms with van der Waals surface area (Å²) < 4.78 is 25.7. The van der Waals surface area contributed by atoms with Gasteiger partial charge in [-0.3, -0.25) is 9.69 Å². The van der Waals surface area contributed by atoms with Crippen molar-refractivity contribution in [2.75, 3.05) is 45.1 Å². The Labute approximate surface area is 264 Å². The Morgan fingerprint density at radius 2 is 1.56 bits per heavy atom. The van der Waals surface area contributed by atoms with E-state index in [9.17, 15) is 18.3 Å². The van der Waals surface area contributed by atoms with Gasteiger partial charge in [0.1, 0.15) is 0 Å². The third-order valence-corrected chi connectivity index (χ3v) is 11.5. The van der Waals surface area contributed by atoms with Crippen LogP contribution in [0.15, 0.2) is 83.8 Å². The van der Waals surface area contributed by atoms with Gasteiger partial charge in [-0.2, -0.15) is 0 Å². The van der Waals surface area contributed by atoms with E-state index in [0.29, 0.717) is 61.3 Å². The molecule has 230 valence electrons. The van der Waals surface area contributed by atoms with Crippen LogP contribution in [0.25, 0.3) is 0 Å². The molecule has 0 aromatic heterocycles. The van der Waals surface area contributed by atoms with Gasteiger partial charge in [0.2, 0.25) is 0 Å². The number of aliphatic hydroxyl groups is 1. The minimum atomic E-state index is -3.57. The zero-order valence-corrected chi connectivity index (χ0v) is 26.5. The fraction of sp³-hybridized carbons (Fsp3) is 0.424. The number of amides is 1. The van der Waals surface area contributed by atoms with E-state index in [4.69, 9.17) is 23.2 Å². The molecule has 1 atom stereocenters. The summed E-state index contributed by atoms with van der Waals surface area (Å²) in [6, 6.07) is 23.5. The van der Waals surface area contributed by atoms with Crippen LogP contribution >= 0.6 is 23.2 Å². The lowest BCUT2D eigenvalue weighted by Gasteiger charge is -2.44. The molecular formula is C33H39Cl2N3O4S. The van der Waals surface area contributed by atoms with Gasteiger partial charge in [-0.1, -0.05) is 65.7 Å². The molecule has 0 bridgehead atoms. The first-order valence-corrected chi connectivity index (χ1v) is 17.2. The molecule has 43 heavy (non-hydrogen) atoms. The first-order chi connectivity index (χ1) is 20.6. The first kappa shape index (κ1) is 31.9. The van der Waals surface area contributed by atoms with Crippen LogP contribution in [-0.4, -0.2) is 80.0 Å². The average molecular weight is 645 g/mol. The molecule has 2 N–H and O–H groups in total. The first-order valence-electron chi connectivity index (χ1n) is 14.8. The molecule has 2 aliphatic rings. The van der Waals surface area contributed by atoms with Gasteiger partial charge in [0, 0.05) is 43.8 Å². The fourth-order valence-electron chi connectivity index (χ4n) is 6.38. The van der Waals surface area contributed by atoms with E-state index in [1.165, 1.54) is 0 Å². The smallest absolute Gasteiger partial charge is 0.253 e. The highest BCUT2D eigenvalue weighted by molar-refractivity contribution is 7.91. The maximum atomic E-state index is 13.4. The Hall–Kier alpha value is -2.46. The average Bonchev–Trinajstić information content (AvgIpc) is 3.02. The number of benzene rings is 3. The summed E-state index contributed by atoms with van der Waals surface area (Å²) in [5.74, 6) is -0.233. The standard InChI is InChI=1S/C33H39Cl2N3O4S/c34-29-13-12-27(22-30(29)35)32(14-7-19-38(23-32)31(39)26-8-3-1-4-9-26)15-18-36-25-37-20-16-33(40,17-21-37)24-43(41,42)28-10-5-2-6-11-28/h1-6,8-13,22,36,40H,7,14-21,23-25H2. The summed E-state index contributed by atoms with van der Waals surface area (Å²) in [5.41, 5.74) is 0.252. The minimum absolute atomic E-state index is 0.0350. The molecule has 0 saturated carbocycles. The Morgan fingerprint density at radius 1 is 0.884 bits per heavy atom. The maximum absolute atomic E-state index is 13.4. The molecule has 0 aliphatic carbocycles. The number of hydrogen-bond donors (Lipinski definition) is 2. The van der Waals surface area contributed by atoms with Gasteiger partial charge in [0.05, 0.1) is 26.3 Å². The predicted octanol–water partition coefficient (Wildman–Crippen LogP) is 5.41. The topological polar surface area (TPSA) is 89.9 Å². The highest BCUT2D eigenvalue weighted by Gasteiger charge is 2.40. The van der Waals surface area contributed by atoms with Crippen molar-refractivity contribution in [2.45, 2.75) is 48.0 Å². The summed E-state index contributed by atoms with van der Waals surface area (Å²) in [7, 11) is -3.57. The van der Waals surface area contributed by atoms with Crippen LogP contribution in [0.1, 0.15) is 48.0 Å². The second-order valence-corrected chi connectivity index (χ2v) is 14.7. The van der Waals surface area contributed by atoms with Crippen molar-refractivity contribution >= 4 is 38.9 Å². The van der Waals surface area contributed by atoms with Crippen LogP contribution in [0.3, 0.4) is 0 Å². The third-order valence-electron chi connectivity index (χ3n) is 8.88. The van der Waals surface area contributed by atoms with Crippen molar-refractivity contribution < 1.29 is 18.3 Å². The van der Waals surface area contributed by atoms with E-state index >= 15 is 0 Å². The molecule has 7 nitrogen and oxygen atoms in total. The highest BCUT2D eigenvalue weighted by Crippen LogP contribution is 2.40. The van der Waals surface area contributed by atoms with Crippen molar-refractivity contribution in [1.82, 2.24) is 15.1 Å². The van der Waals surface area contributed by atoms with Gasteiger partial charge in [0.15, 0.2) is 9.84 Å². The zero-order valence-electron chi connectivity index (χ0n) is 24.2. The Balaban J connectivity index is 1.19. The van der Waals surface area contributed by atoms with Crippen LogP contribution in [-0.2, 0) is 15.3 Å². The molecular weight excluding hydrogens is 605 g/mol. The lowest BCUT2D eigenvalue weighted by molar-refractivity contribution is -0.00441. The SMILES string of the molecule is O=C(c1ccccc1)N1CCCC(CCNCN2CCC(O)(CS(=O)(=O)c3ccccc3)CC2)(c2ccc(Cl)c(Cl)c2)C1. The van der Waals surface area contributed by atoms with Crippen LogP contribution in [0.2, 0.25) is 10.0 Å². The van der Waals surface area contributed by atoms with Gasteiger partial charge >= 0.3 is 0 Å².